The molecule has 200 valence electrons. The lowest BCUT2D eigenvalue weighted by atomic mass is 10.0. The van der Waals surface area contributed by atoms with Gasteiger partial charge in [-0.1, -0.05) is 42.7 Å². The predicted molar refractivity (Wildman–Crippen MR) is 138 cm³/mol. The summed E-state index contributed by atoms with van der Waals surface area (Å²) in [5, 5.41) is 15.6. The van der Waals surface area contributed by atoms with E-state index in [-0.39, 0.29) is 48.7 Å². The van der Waals surface area contributed by atoms with E-state index in [9.17, 15) is 14.0 Å². The number of nitrogens with zero attached hydrogens (tertiary/aromatic N) is 5. The lowest BCUT2D eigenvalue weighted by molar-refractivity contribution is -0.143. The molecule has 1 saturated heterocycles. The summed E-state index contributed by atoms with van der Waals surface area (Å²) < 4.78 is 19.2. The van der Waals surface area contributed by atoms with Gasteiger partial charge in [-0.15, -0.1) is 10.2 Å². The molecule has 5 rings (SSSR count). The first-order chi connectivity index (χ1) is 18.5. The molecule has 1 N–H and O–H groups in total. The molecule has 0 bridgehead atoms. The second-order valence-corrected chi connectivity index (χ2v) is 10.1. The van der Waals surface area contributed by atoms with Crippen molar-refractivity contribution in [2.75, 3.05) is 13.2 Å². The SMILES string of the molecule is Cc1ccc([C@@H](C(=O)NC2CCCC2)N(C[C@@H]2CCCO2)C(=O)Cn2nnc(-c3ccc(F)cc3)n2)cc1. The zero-order valence-corrected chi connectivity index (χ0v) is 21.6. The Morgan fingerprint density at radius 2 is 1.82 bits per heavy atom. The van der Waals surface area contributed by atoms with Crippen molar-refractivity contribution in [2.24, 2.45) is 0 Å². The van der Waals surface area contributed by atoms with E-state index in [0.717, 1.165) is 49.7 Å². The largest absolute Gasteiger partial charge is 0.376 e. The van der Waals surface area contributed by atoms with Gasteiger partial charge in [0.15, 0.2) is 0 Å². The number of tetrazole rings is 1. The number of rotatable bonds is 9. The third-order valence-corrected chi connectivity index (χ3v) is 7.23. The Labute approximate surface area is 221 Å². The van der Waals surface area contributed by atoms with Crippen LogP contribution in [0.15, 0.2) is 48.5 Å². The standard InChI is InChI=1S/C28H33FN6O3/c1-19-8-10-20(11-9-19)26(28(37)30-23-5-2-3-6-23)34(17-24-7-4-16-38-24)25(36)18-35-32-27(31-33-35)21-12-14-22(29)15-13-21/h8-15,23-24,26H,2-7,16-18H2,1H3,(H,30,37)/t24-,26-/m0/s1. The maximum Gasteiger partial charge on any atom is 0.247 e. The minimum atomic E-state index is -0.812. The highest BCUT2D eigenvalue weighted by Crippen LogP contribution is 2.27. The van der Waals surface area contributed by atoms with Gasteiger partial charge in [0.05, 0.1) is 6.10 Å². The molecule has 0 unspecified atom stereocenters. The maximum absolute atomic E-state index is 13.8. The average Bonchev–Trinajstić information content (AvgIpc) is 3.69. The summed E-state index contributed by atoms with van der Waals surface area (Å²) in [6.07, 6.45) is 5.67. The Morgan fingerprint density at radius 1 is 1.08 bits per heavy atom. The van der Waals surface area contributed by atoms with Crippen LogP contribution in [-0.2, 0) is 20.9 Å². The third kappa shape index (κ3) is 6.24. The van der Waals surface area contributed by atoms with Crippen LogP contribution in [0.5, 0.6) is 0 Å². The molecule has 0 radical (unpaired) electrons. The van der Waals surface area contributed by atoms with E-state index in [0.29, 0.717) is 12.2 Å². The molecule has 1 aliphatic carbocycles. The third-order valence-electron chi connectivity index (χ3n) is 7.23. The molecule has 2 heterocycles. The molecular weight excluding hydrogens is 487 g/mol. The summed E-state index contributed by atoms with van der Waals surface area (Å²) in [7, 11) is 0. The summed E-state index contributed by atoms with van der Waals surface area (Å²) in [6, 6.07) is 12.8. The van der Waals surface area contributed by atoms with Crippen molar-refractivity contribution >= 4 is 11.8 Å². The average molecular weight is 521 g/mol. The van der Waals surface area contributed by atoms with E-state index < -0.39 is 6.04 Å². The van der Waals surface area contributed by atoms with Gasteiger partial charge < -0.3 is 15.0 Å². The Kier molecular flexibility index (Phi) is 8.07. The summed E-state index contributed by atoms with van der Waals surface area (Å²) in [6.45, 7) is 2.72. The molecule has 1 aliphatic heterocycles. The molecule has 2 fully saturated rings. The van der Waals surface area contributed by atoms with Gasteiger partial charge in [-0.25, -0.2) is 4.39 Å². The van der Waals surface area contributed by atoms with Crippen LogP contribution in [-0.4, -0.2) is 62.2 Å². The van der Waals surface area contributed by atoms with Crippen molar-refractivity contribution in [3.05, 3.63) is 65.5 Å². The van der Waals surface area contributed by atoms with Crippen LogP contribution in [0, 0.1) is 12.7 Å². The summed E-state index contributed by atoms with van der Waals surface area (Å²) in [4.78, 5) is 30.4. The lowest BCUT2D eigenvalue weighted by Gasteiger charge is -2.33. The number of aromatic nitrogens is 4. The van der Waals surface area contributed by atoms with Crippen LogP contribution in [0.3, 0.4) is 0 Å². The van der Waals surface area contributed by atoms with E-state index in [1.807, 2.05) is 31.2 Å². The Balaban J connectivity index is 1.42. The first kappa shape index (κ1) is 26.0. The molecule has 2 amide bonds. The fourth-order valence-electron chi connectivity index (χ4n) is 5.17. The first-order valence-corrected chi connectivity index (χ1v) is 13.3. The molecule has 38 heavy (non-hydrogen) atoms. The molecule has 2 atom stereocenters. The lowest BCUT2D eigenvalue weighted by Crippen LogP contribution is -2.49. The van der Waals surface area contributed by atoms with Crippen molar-refractivity contribution in [3.8, 4) is 11.4 Å². The second-order valence-electron chi connectivity index (χ2n) is 10.1. The monoisotopic (exact) mass is 520 g/mol. The Bertz CT molecular complexity index is 1230. The molecule has 10 heteroatoms. The zero-order chi connectivity index (χ0) is 26.5. The summed E-state index contributed by atoms with van der Waals surface area (Å²) in [5.41, 5.74) is 2.41. The number of nitrogens with one attached hydrogen (secondary N) is 1. The van der Waals surface area contributed by atoms with Crippen LogP contribution in [0.4, 0.5) is 4.39 Å². The van der Waals surface area contributed by atoms with Crippen LogP contribution >= 0.6 is 0 Å². The normalized spacial score (nSPS) is 18.4. The number of hydrogen-bond acceptors (Lipinski definition) is 6. The van der Waals surface area contributed by atoms with Gasteiger partial charge in [-0.05, 0) is 67.6 Å². The molecule has 1 saturated carbocycles. The quantitative estimate of drug-likeness (QED) is 0.463. The summed E-state index contributed by atoms with van der Waals surface area (Å²) in [5.74, 6) is -0.571. The van der Waals surface area contributed by atoms with Crippen LogP contribution in [0.25, 0.3) is 11.4 Å². The van der Waals surface area contributed by atoms with Gasteiger partial charge in [0.25, 0.3) is 0 Å². The number of hydrogen-bond donors (Lipinski definition) is 1. The Morgan fingerprint density at radius 3 is 2.50 bits per heavy atom. The maximum atomic E-state index is 13.8. The summed E-state index contributed by atoms with van der Waals surface area (Å²) >= 11 is 0. The predicted octanol–water partition coefficient (Wildman–Crippen LogP) is 3.60. The highest BCUT2D eigenvalue weighted by Gasteiger charge is 2.35. The molecule has 1 aromatic heterocycles. The highest BCUT2D eigenvalue weighted by atomic mass is 19.1. The number of ether oxygens (including phenoxy) is 1. The Hall–Kier alpha value is -3.66. The number of benzene rings is 2. The van der Waals surface area contributed by atoms with Crippen LogP contribution in [0.1, 0.15) is 55.7 Å². The van der Waals surface area contributed by atoms with Gasteiger partial charge in [0, 0.05) is 24.8 Å². The molecular formula is C28H33FN6O3. The van der Waals surface area contributed by atoms with Gasteiger partial charge >= 0.3 is 0 Å². The number of aryl methyl sites for hydroxylation is 1. The minimum absolute atomic E-state index is 0.116. The zero-order valence-electron chi connectivity index (χ0n) is 21.6. The number of halogens is 1. The van der Waals surface area contributed by atoms with Crippen molar-refractivity contribution in [1.29, 1.82) is 0 Å². The van der Waals surface area contributed by atoms with Crippen LogP contribution < -0.4 is 5.32 Å². The van der Waals surface area contributed by atoms with E-state index in [1.165, 1.54) is 16.9 Å². The van der Waals surface area contributed by atoms with Gasteiger partial charge in [-0.2, -0.15) is 4.80 Å². The minimum Gasteiger partial charge on any atom is -0.376 e. The molecule has 9 nitrogen and oxygen atoms in total. The molecule has 2 aliphatic rings. The van der Waals surface area contributed by atoms with Crippen LogP contribution in [0.2, 0.25) is 0 Å². The number of amides is 2. The molecule has 2 aromatic carbocycles. The van der Waals surface area contributed by atoms with E-state index in [1.54, 1.807) is 17.0 Å². The van der Waals surface area contributed by atoms with E-state index in [4.69, 9.17) is 4.74 Å². The fourth-order valence-corrected chi connectivity index (χ4v) is 5.17. The number of carbonyl (C=O) groups is 2. The van der Waals surface area contributed by atoms with Gasteiger partial charge in [0.1, 0.15) is 18.4 Å². The topological polar surface area (TPSA) is 102 Å². The van der Waals surface area contributed by atoms with Crippen molar-refractivity contribution < 1.29 is 18.7 Å². The number of carbonyl (C=O) groups excluding carboxylic acids is 2. The molecule has 0 spiro atoms. The van der Waals surface area contributed by atoms with E-state index in [2.05, 4.69) is 20.7 Å². The fraction of sp³-hybridized carbons (Fsp3) is 0.464. The van der Waals surface area contributed by atoms with E-state index >= 15 is 0 Å². The highest BCUT2D eigenvalue weighted by molar-refractivity contribution is 5.89. The van der Waals surface area contributed by atoms with Crippen molar-refractivity contribution in [2.45, 2.75) is 70.2 Å². The first-order valence-electron chi connectivity index (χ1n) is 13.3. The molecule has 3 aromatic rings. The van der Waals surface area contributed by atoms with Crippen molar-refractivity contribution in [3.63, 3.8) is 0 Å². The smallest absolute Gasteiger partial charge is 0.247 e. The second kappa shape index (κ2) is 11.8. The van der Waals surface area contributed by atoms with Crippen molar-refractivity contribution in [1.82, 2.24) is 30.4 Å². The van der Waals surface area contributed by atoms with Gasteiger partial charge in [-0.3, -0.25) is 9.59 Å². The van der Waals surface area contributed by atoms with Gasteiger partial charge in [0.2, 0.25) is 17.6 Å².